The Hall–Kier alpha value is -1.76. The van der Waals surface area contributed by atoms with Crippen LogP contribution in [0, 0.1) is 45.3 Å². The Kier molecular flexibility index (Phi) is 17.0. The first-order valence-electron chi connectivity index (χ1n) is 17.7. The van der Waals surface area contributed by atoms with Gasteiger partial charge in [0.15, 0.2) is 0 Å². The van der Waals surface area contributed by atoms with E-state index in [1.54, 1.807) is 6.92 Å². The SMILES string of the molecule is CCCCOC(=O)C(CC(C)(C)C)C(C)C(C)(C)CC(C(=O)OCCO)C(C)(N)C(C)(C)CC(C(=O)NC(C)(C)CS(=O)(=O)O)C(C)(C)C. The molecule has 0 spiro atoms. The molecular weight excluding hydrogens is 648 g/mol. The van der Waals surface area contributed by atoms with Gasteiger partial charge >= 0.3 is 11.9 Å². The van der Waals surface area contributed by atoms with E-state index in [2.05, 4.69) is 26.1 Å². The maximum absolute atomic E-state index is 13.9. The summed E-state index contributed by atoms with van der Waals surface area (Å²) in [5.41, 5.74) is 2.49. The van der Waals surface area contributed by atoms with Crippen LogP contribution in [0.4, 0.5) is 0 Å². The van der Waals surface area contributed by atoms with Crippen LogP contribution in [0.2, 0.25) is 0 Å². The van der Waals surface area contributed by atoms with Gasteiger partial charge in [0, 0.05) is 11.5 Å². The van der Waals surface area contributed by atoms with Gasteiger partial charge in [0.1, 0.15) is 6.61 Å². The number of esters is 2. The molecule has 0 saturated carbocycles. The fraction of sp³-hybridized carbons (Fsp3) is 0.919. The summed E-state index contributed by atoms with van der Waals surface area (Å²) in [4.78, 5) is 41.2. The van der Waals surface area contributed by atoms with Crippen LogP contribution in [-0.2, 0) is 34.0 Å². The molecule has 0 aliphatic rings. The van der Waals surface area contributed by atoms with Crippen LogP contribution >= 0.6 is 0 Å². The Morgan fingerprint density at radius 1 is 0.796 bits per heavy atom. The van der Waals surface area contributed by atoms with Gasteiger partial charge < -0.3 is 25.6 Å². The number of hydrogen-bond donors (Lipinski definition) is 4. The smallest absolute Gasteiger partial charge is 0.310 e. The van der Waals surface area contributed by atoms with Gasteiger partial charge in [0.25, 0.3) is 10.1 Å². The molecule has 290 valence electrons. The van der Waals surface area contributed by atoms with Crippen LogP contribution < -0.4 is 11.1 Å². The molecule has 0 rings (SSSR count). The molecule has 5 N–H and O–H groups in total. The molecule has 0 saturated heterocycles. The van der Waals surface area contributed by atoms with E-state index in [0.29, 0.717) is 13.0 Å². The summed E-state index contributed by atoms with van der Waals surface area (Å²) in [7, 11) is -4.36. The Morgan fingerprint density at radius 3 is 1.73 bits per heavy atom. The van der Waals surface area contributed by atoms with Crippen molar-refractivity contribution in [2.45, 2.75) is 147 Å². The molecule has 12 heteroatoms. The van der Waals surface area contributed by atoms with Gasteiger partial charge in [-0.05, 0) is 74.0 Å². The lowest BCUT2D eigenvalue weighted by Gasteiger charge is -2.51. The lowest BCUT2D eigenvalue weighted by Crippen LogP contribution is -2.61. The quantitative estimate of drug-likeness (QED) is 0.0645. The number of unbranched alkanes of at least 4 members (excludes halogenated alkanes) is 1. The molecule has 0 aromatic carbocycles. The second kappa shape index (κ2) is 17.6. The van der Waals surface area contributed by atoms with E-state index in [9.17, 15) is 32.5 Å². The lowest BCUT2D eigenvalue weighted by atomic mass is 9.56. The number of nitrogens with one attached hydrogen (secondary N) is 1. The topological polar surface area (TPSA) is 182 Å². The van der Waals surface area contributed by atoms with Gasteiger partial charge in [-0.25, -0.2) is 0 Å². The van der Waals surface area contributed by atoms with Crippen molar-refractivity contribution in [1.29, 1.82) is 0 Å². The van der Waals surface area contributed by atoms with Crippen molar-refractivity contribution in [3.8, 4) is 0 Å². The summed E-state index contributed by atoms with van der Waals surface area (Å²) in [6, 6.07) is 0. The third-order valence-corrected chi connectivity index (χ3v) is 11.4. The molecular formula is C37H72N2O9S. The lowest BCUT2D eigenvalue weighted by molar-refractivity contribution is -0.158. The molecule has 5 atom stereocenters. The maximum Gasteiger partial charge on any atom is 0.310 e. The number of aliphatic hydroxyl groups is 1. The second-order valence-corrected chi connectivity index (χ2v) is 20.2. The first kappa shape index (κ1) is 47.2. The summed E-state index contributed by atoms with van der Waals surface area (Å²) in [5, 5.41) is 12.3. The van der Waals surface area contributed by atoms with Gasteiger partial charge in [-0.15, -0.1) is 0 Å². The van der Waals surface area contributed by atoms with E-state index in [1.807, 2.05) is 62.3 Å². The highest BCUT2D eigenvalue weighted by atomic mass is 32.2. The molecule has 0 aliphatic carbocycles. The minimum atomic E-state index is -4.36. The molecule has 0 radical (unpaired) electrons. The Morgan fingerprint density at radius 2 is 1.31 bits per heavy atom. The average molecular weight is 721 g/mol. The number of nitrogens with two attached hydrogens (primary N) is 1. The number of rotatable bonds is 20. The zero-order valence-corrected chi connectivity index (χ0v) is 34.2. The van der Waals surface area contributed by atoms with Crippen molar-refractivity contribution in [1.82, 2.24) is 5.32 Å². The molecule has 0 aliphatic heterocycles. The number of carbonyl (C=O) groups is 3. The van der Waals surface area contributed by atoms with E-state index in [1.165, 1.54) is 13.8 Å². The summed E-state index contributed by atoms with van der Waals surface area (Å²) < 4.78 is 44.0. The number of hydrogen-bond acceptors (Lipinski definition) is 9. The highest BCUT2D eigenvalue weighted by Crippen LogP contribution is 2.50. The minimum absolute atomic E-state index is 0.166. The summed E-state index contributed by atoms with van der Waals surface area (Å²) in [6.07, 6.45) is 2.75. The zero-order valence-electron chi connectivity index (χ0n) is 33.4. The number of ether oxygens (including phenoxy) is 2. The van der Waals surface area contributed by atoms with Gasteiger partial charge in [-0.3, -0.25) is 18.9 Å². The molecule has 0 bridgehead atoms. The van der Waals surface area contributed by atoms with E-state index in [0.717, 1.165) is 12.8 Å². The number of amides is 1. The van der Waals surface area contributed by atoms with Crippen molar-refractivity contribution < 1.29 is 41.9 Å². The zero-order chi connectivity index (χ0) is 39.0. The summed E-state index contributed by atoms with van der Waals surface area (Å²) in [5.74, 6) is -4.09. The normalized spacial score (nSPS) is 17.3. The average Bonchev–Trinajstić information content (AvgIpc) is 2.88. The van der Waals surface area contributed by atoms with Crippen LogP contribution in [0.3, 0.4) is 0 Å². The molecule has 49 heavy (non-hydrogen) atoms. The Bertz CT molecular complexity index is 1200. The van der Waals surface area contributed by atoms with Crippen LogP contribution in [0.15, 0.2) is 0 Å². The van der Waals surface area contributed by atoms with Crippen LogP contribution in [0.1, 0.15) is 136 Å². The summed E-state index contributed by atoms with van der Waals surface area (Å²) in [6.45, 7) is 28.5. The van der Waals surface area contributed by atoms with Crippen molar-refractivity contribution in [3.63, 3.8) is 0 Å². The van der Waals surface area contributed by atoms with E-state index >= 15 is 0 Å². The Balaban J connectivity index is 6.82. The summed E-state index contributed by atoms with van der Waals surface area (Å²) >= 11 is 0. The van der Waals surface area contributed by atoms with Crippen molar-refractivity contribution in [2.75, 3.05) is 25.6 Å². The molecule has 0 aromatic rings. The maximum atomic E-state index is 13.9. The predicted octanol–water partition coefficient (Wildman–Crippen LogP) is 6.16. The first-order valence-corrected chi connectivity index (χ1v) is 19.4. The number of aliphatic hydroxyl groups excluding tert-OH is 1. The fourth-order valence-electron chi connectivity index (χ4n) is 6.50. The molecule has 0 heterocycles. The third kappa shape index (κ3) is 15.6. The van der Waals surface area contributed by atoms with Gasteiger partial charge in [-0.2, -0.15) is 8.42 Å². The predicted molar refractivity (Wildman–Crippen MR) is 195 cm³/mol. The van der Waals surface area contributed by atoms with Gasteiger partial charge in [0.2, 0.25) is 5.91 Å². The van der Waals surface area contributed by atoms with Crippen LogP contribution in [0.25, 0.3) is 0 Å². The number of carbonyl (C=O) groups excluding carboxylic acids is 3. The third-order valence-electron chi connectivity index (χ3n) is 10.3. The van der Waals surface area contributed by atoms with E-state index in [4.69, 9.17) is 15.2 Å². The molecule has 0 fully saturated rings. The van der Waals surface area contributed by atoms with E-state index < -0.39 is 72.8 Å². The monoisotopic (exact) mass is 720 g/mol. The second-order valence-electron chi connectivity index (χ2n) is 18.7. The molecule has 5 unspecified atom stereocenters. The molecule has 1 amide bonds. The van der Waals surface area contributed by atoms with E-state index in [-0.39, 0.29) is 43.4 Å². The Labute approximate surface area is 298 Å². The largest absolute Gasteiger partial charge is 0.465 e. The highest BCUT2D eigenvalue weighted by Gasteiger charge is 2.53. The fourth-order valence-corrected chi connectivity index (χ4v) is 7.48. The van der Waals surface area contributed by atoms with Gasteiger partial charge in [-0.1, -0.05) is 89.5 Å². The first-order chi connectivity index (χ1) is 21.7. The molecule has 11 nitrogen and oxygen atoms in total. The van der Waals surface area contributed by atoms with Crippen LogP contribution in [-0.4, -0.2) is 72.6 Å². The standard InChI is InChI=1S/C37H72N2O9S/c1-16-17-19-47-30(42)26(21-32(3,4)5)25(2)34(9,10)22-28(31(43)48-20-18-40)37(15,38)35(11,12)23-27(33(6,7)8)29(41)39-36(13,14)24-49(44,45)46/h25-28,40H,16-24,38H2,1-15H3,(H,39,41)(H,44,45,46). The van der Waals surface area contributed by atoms with Crippen LogP contribution in [0.5, 0.6) is 0 Å². The van der Waals surface area contributed by atoms with Crippen molar-refractivity contribution in [2.24, 2.45) is 51.1 Å². The van der Waals surface area contributed by atoms with Gasteiger partial charge in [0.05, 0.1) is 36.3 Å². The highest BCUT2D eigenvalue weighted by molar-refractivity contribution is 7.85. The van der Waals surface area contributed by atoms with Crippen molar-refractivity contribution in [3.05, 3.63) is 0 Å². The molecule has 0 aromatic heterocycles. The van der Waals surface area contributed by atoms with Crippen molar-refractivity contribution >= 4 is 28.0 Å². The minimum Gasteiger partial charge on any atom is -0.465 e.